The van der Waals surface area contributed by atoms with E-state index in [2.05, 4.69) is 16.2 Å². The number of carboxylic acid groups (broad SMARTS) is 1. The molecule has 2 amide bonds. The van der Waals surface area contributed by atoms with Crippen molar-refractivity contribution in [3.05, 3.63) is 51.7 Å². The molecule has 2 N–H and O–H groups in total. The molecule has 0 radical (unpaired) electrons. The van der Waals surface area contributed by atoms with E-state index in [4.69, 9.17) is 16.0 Å². The summed E-state index contributed by atoms with van der Waals surface area (Å²) in [4.78, 5) is 60.8. The van der Waals surface area contributed by atoms with Gasteiger partial charge in [-0.25, -0.2) is 14.4 Å². The van der Waals surface area contributed by atoms with Gasteiger partial charge in [0.05, 0.1) is 18.6 Å². The lowest BCUT2D eigenvalue weighted by Gasteiger charge is -2.35. The summed E-state index contributed by atoms with van der Waals surface area (Å²) in [5.74, 6) is -0.906. The van der Waals surface area contributed by atoms with E-state index < -0.39 is 47.8 Å². The molecule has 12 heteroatoms. The fourth-order valence-corrected chi connectivity index (χ4v) is 5.65. The Balaban J connectivity index is 2.31. The van der Waals surface area contributed by atoms with Gasteiger partial charge in [0.2, 0.25) is 5.91 Å². The maximum atomic E-state index is 13.4. The number of aromatic nitrogens is 1. The molecule has 0 spiro atoms. The summed E-state index contributed by atoms with van der Waals surface area (Å²) in [5, 5.41) is 15.6. The number of nitrogens with one attached hydrogen (secondary N) is 1. The van der Waals surface area contributed by atoms with Crippen LogP contribution in [0.5, 0.6) is 0 Å². The number of nitrogens with zero attached hydrogens (tertiary/aromatic N) is 2. The Morgan fingerprint density at radius 2 is 1.83 bits per heavy atom. The van der Waals surface area contributed by atoms with Crippen LogP contribution in [0.4, 0.5) is 4.39 Å². The predicted molar refractivity (Wildman–Crippen MR) is 173 cm³/mol. The number of hydrogen-bond donors (Lipinski definition) is 2. The van der Waals surface area contributed by atoms with Gasteiger partial charge < -0.3 is 15.2 Å². The third-order valence-corrected chi connectivity index (χ3v) is 8.28. The molecule has 4 unspecified atom stereocenters. The lowest BCUT2D eigenvalue weighted by atomic mass is 9.96. The second-order valence-corrected chi connectivity index (χ2v) is 12.5. The van der Waals surface area contributed by atoms with Gasteiger partial charge in [0.25, 0.3) is 5.91 Å². The fourth-order valence-electron chi connectivity index (χ4n) is 4.81. The van der Waals surface area contributed by atoms with Crippen molar-refractivity contribution >= 4 is 35.1 Å². The molecule has 0 saturated heterocycles. The molecular weight excluding hydrogens is 613 g/mol. The van der Waals surface area contributed by atoms with Crippen molar-refractivity contribution in [3.63, 3.8) is 0 Å². The van der Waals surface area contributed by atoms with E-state index >= 15 is 0 Å². The summed E-state index contributed by atoms with van der Waals surface area (Å²) in [5.41, 5.74) is 0.809. The van der Waals surface area contributed by atoms with E-state index in [-0.39, 0.29) is 43.4 Å². The summed E-state index contributed by atoms with van der Waals surface area (Å²) in [6.07, 6.45) is 8.03. The number of halogens is 1. The Morgan fingerprint density at radius 3 is 2.41 bits per heavy atom. The van der Waals surface area contributed by atoms with Crippen LogP contribution in [-0.4, -0.2) is 57.6 Å². The minimum atomic E-state index is -1.000. The number of carbonyl (C=O) groups is 4. The monoisotopic (exact) mass is 659 g/mol. The molecule has 0 bridgehead atoms. The summed E-state index contributed by atoms with van der Waals surface area (Å²) in [6, 6.07) is 4.75. The number of aliphatic carboxylic acids is 1. The van der Waals surface area contributed by atoms with Crippen LogP contribution in [0.25, 0.3) is 0 Å². The van der Waals surface area contributed by atoms with Crippen LogP contribution >= 0.6 is 11.3 Å². The fraction of sp³-hybridized carbons (Fsp3) is 0.559. The molecule has 4 atom stereocenters. The van der Waals surface area contributed by atoms with Crippen LogP contribution in [0.15, 0.2) is 29.6 Å². The highest BCUT2D eigenvalue weighted by Gasteiger charge is 2.33. The Labute approximate surface area is 275 Å². The topological polar surface area (TPSA) is 135 Å². The van der Waals surface area contributed by atoms with Crippen molar-refractivity contribution in [2.75, 3.05) is 6.61 Å². The van der Waals surface area contributed by atoms with Crippen LogP contribution in [0.3, 0.4) is 0 Å². The zero-order valence-corrected chi connectivity index (χ0v) is 28.1. The lowest BCUT2D eigenvalue weighted by Crippen LogP contribution is -2.44. The average molecular weight is 660 g/mol. The molecule has 2 aromatic rings. The summed E-state index contributed by atoms with van der Waals surface area (Å²) in [6.45, 7) is 8.97. The van der Waals surface area contributed by atoms with Crippen LogP contribution in [-0.2, 0) is 30.4 Å². The number of unbranched alkanes of at least 4 members (excludes halogenated alkanes) is 2. The van der Waals surface area contributed by atoms with E-state index in [1.807, 2.05) is 20.8 Å². The van der Waals surface area contributed by atoms with Crippen molar-refractivity contribution in [1.82, 2.24) is 15.4 Å². The maximum absolute atomic E-state index is 13.4. The summed E-state index contributed by atoms with van der Waals surface area (Å²) < 4.78 is 19.1. The van der Waals surface area contributed by atoms with Gasteiger partial charge in [-0.3, -0.25) is 24.0 Å². The van der Waals surface area contributed by atoms with Gasteiger partial charge in [0.1, 0.15) is 16.5 Å². The van der Waals surface area contributed by atoms with E-state index in [1.165, 1.54) is 24.1 Å². The number of esters is 1. The van der Waals surface area contributed by atoms with Gasteiger partial charge in [-0.1, -0.05) is 46.2 Å². The molecule has 0 aliphatic rings. The van der Waals surface area contributed by atoms with Crippen LogP contribution in [0.2, 0.25) is 0 Å². The normalized spacial score (nSPS) is 13.7. The number of amides is 2. The largest absolute Gasteiger partial charge is 0.481 e. The van der Waals surface area contributed by atoms with Crippen LogP contribution in [0.1, 0.15) is 107 Å². The summed E-state index contributed by atoms with van der Waals surface area (Å²) in [7, 11) is 0. The van der Waals surface area contributed by atoms with Crippen molar-refractivity contribution in [2.24, 2.45) is 11.8 Å². The first kappa shape index (κ1) is 38.4. The molecule has 1 aromatic heterocycles. The predicted octanol–water partition coefficient (Wildman–Crippen LogP) is 6.12. The smallest absolute Gasteiger partial charge is 0.306 e. The number of ether oxygens (including phenoxy) is 1. The van der Waals surface area contributed by atoms with Crippen LogP contribution < -0.4 is 5.32 Å². The van der Waals surface area contributed by atoms with E-state index in [9.17, 15) is 28.7 Å². The quantitative estimate of drug-likeness (QED) is 0.0752. The number of carboxylic acids is 1. The second-order valence-electron chi connectivity index (χ2n) is 11.7. The van der Waals surface area contributed by atoms with Gasteiger partial charge in [-0.05, 0) is 49.3 Å². The zero-order valence-electron chi connectivity index (χ0n) is 27.3. The van der Waals surface area contributed by atoms with Gasteiger partial charge in [0.15, 0.2) is 6.10 Å². The number of carbonyl (C=O) groups excluding carboxylic acids is 3. The van der Waals surface area contributed by atoms with Gasteiger partial charge in [-0.15, -0.1) is 23.7 Å². The molecular formula is C34H46FN3O7S. The lowest BCUT2D eigenvalue weighted by molar-refractivity contribution is -0.210. The number of hydroxylamine groups is 2. The average Bonchev–Trinajstić information content (AvgIpc) is 3.50. The minimum absolute atomic E-state index is 0.0757. The Bertz CT molecular complexity index is 1320. The maximum Gasteiger partial charge on any atom is 0.306 e. The minimum Gasteiger partial charge on any atom is -0.481 e. The molecule has 0 aliphatic carbocycles. The first-order valence-corrected chi connectivity index (χ1v) is 16.5. The number of hydrogen-bond acceptors (Lipinski definition) is 8. The van der Waals surface area contributed by atoms with Crippen molar-refractivity contribution in [2.45, 2.75) is 104 Å². The molecule has 46 heavy (non-hydrogen) atoms. The van der Waals surface area contributed by atoms with Gasteiger partial charge in [0, 0.05) is 37.6 Å². The van der Waals surface area contributed by atoms with Crippen molar-refractivity contribution in [3.8, 4) is 12.3 Å². The third kappa shape index (κ3) is 12.9. The molecule has 1 heterocycles. The van der Waals surface area contributed by atoms with E-state index in [1.54, 1.807) is 24.4 Å². The van der Waals surface area contributed by atoms with Crippen LogP contribution in [0, 0.1) is 30.0 Å². The van der Waals surface area contributed by atoms with E-state index in [0.29, 0.717) is 30.7 Å². The molecule has 0 aliphatic heterocycles. The zero-order chi connectivity index (χ0) is 34.2. The van der Waals surface area contributed by atoms with Gasteiger partial charge in [-0.2, -0.15) is 0 Å². The van der Waals surface area contributed by atoms with Gasteiger partial charge >= 0.3 is 11.9 Å². The number of terminal acetylenes is 1. The first-order chi connectivity index (χ1) is 21.9. The van der Waals surface area contributed by atoms with Crippen molar-refractivity contribution < 1.29 is 38.2 Å². The molecule has 2 rings (SSSR count). The Kier molecular flexibility index (Phi) is 16.4. The Hall–Kier alpha value is -3.82. The molecule has 252 valence electrons. The molecule has 10 nitrogen and oxygen atoms in total. The number of thiazole rings is 1. The highest BCUT2D eigenvalue weighted by molar-refractivity contribution is 7.09. The first-order valence-electron chi connectivity index (χ1n) is 15.6. The molecule has 0 saturated carbocycles. The molecule has 1 aromatic carbocycles. The Morgan fingerprint density at radius 1 is 1.13 bits per heavy atom. The third-order valence-electron chi connectivity index (χ3n) is 7.34. The highest BCUT2D eigenvalue weighted by Crippen LogP contribution is 2.31. The second kappa shape index (κ2) is 19.6. The molecule has 0 fully saturated rings. The number of rotatable bonds is 20. The standard InChI is InChI=1S/C34H46FN3O7S/c1-7-9-11-17-44-38(31(40)12-10-8-2)29(22(3)4)20-30(45-24(6)39)33-37-28(21-46-33)32(41)36-27(18-23(5)34(42)43)19-25-13-15-26(35)16-14-25/h1,13-16,21-23,27,29-30H,8-12,17-20H2,2-6H3,(H,36,41)(H,42,43). The van der Waals surface area contributed by atoms with Crippen molar-refractivity contribution in [1.29, 1.82) is 0 Å². The SMILES string of the molecule is C#CCCCON(C(=O)CCCC)C(CC(OC(C)=O)c1nc(C(=O)NC(Cc2ccc(F)cc2)CC(C)C(=O)O)cs1)C(C)C. The number of benzene rings is 1. The van der Waals surface area contributed by atoms with E-state index in [0.717, 1.165) is 23.3 Å². The summed E-state index contributed by atoms with van der Waals surface area (Å²) >= 11 is 1.14. The highest BCUT2D eigenvalue weighted by atomic mass is 32.1.